The molecular formula is C11H18N2O. The second-order valence-corrected chi connectivity index (χ2v) is 4.68. The third-order valence-corrected chi connectivity index (χ3v) is 3.23. The van der Waals surface area contributed by atoms with E-state index in [1.807, 2.05) is 24.0 Å². The summed E-state index contributed by atoms with van der Waals surface area (Å²) in [7, 11) is 1.95. The molecule has 3 nitrogen and oxygen atoms in total. The molecule has 1 saturated carbocycles. The topological polar surface area (TPSA) is 38.1 Å². The van der Waals surface area contributed by atoms with Crippen LogP contribution >= 0.6 is 0 Å². The fraction of sp³-hybridized carbons (Fsp3) is 0.727. The molecule has 1 heterocycles. The number of hydrogen-bond acceptors (Lipinski definition) is 2. The van der Waals surface area contributed by atoms with Crippen molar-refractivity contribution in [3.8, 4) is 0 Å². The standard InChI is InChI=1S/C11H18N2O/c1-9-7-11(14,8-9)5-3-10-4-6-12-13(10)2/h4,6,9,14H,3,5,7-8H2,1-2H3. The van der Waals surface area contributed by atoms with Gasteiger partial charge in [-0.05, 0) is 37.7 Å². The number of nitrogens with zero attached hydrogens (tertiary/aromatic N) is 2. The first-order chi connectivity index (χ1) is 6.59. The first kappa shape index (κ1) is 9.71. The molecule has 0 radical (unpaired) electrons. The lowest BCUT2D eigenvalue weighted by atomic mass is 9.69. The van der Waals surface area contributed by atoms with Crippen LogP contribution in [0.1, 0.15) is 31.9 Å². The normalized spacial score (nSPS) is 31.5. The van der Waals surface area contributed by atoms with Gasteiger partial charge >= 0.3 is 0 Å². The van der Waals surface area contributed by atoms with E-state index in [0.717, 1.165) is 25.7 Å². The Bertz CT molecular complexity index is 313. The number of rotatable bonds is 3. The predicted molar refractivity (Wildman–Crippen MR) is 54.9 cm³/mol. The molecule has 0 unspecified atom stereocenters. The maximum absolute atomic E-state index is 10.0. The van der Waals surface area contributed by atoms with E-state index in [-0.39, 0.29) is 5.60 Å². The van der Waals surface area contributed by atoms with E-state index in [9.17, 15) is 5.11 Å². The molecule has 1 N–H and O–H groups in total. The Morgan fingerprint density at radius 3 is 2.86 bits per heavy atom. The largest absolute Gasteiger partial charge is 0.390 e. The van der Waals surface area contributed by atoms with Crippen LogP contribution < -0.4 is 0 Å². The third kappa shape index (κ3) is 1.82. The molecule has 0 amide bonds. The molecule has 1 aliphatic carbocycles. The van der Waals surface area contributed by atoms with Gasteiger partial charge < -0.3 is 5.11 Å². The van der Waals surface area contributed by atoms with Gasteiger partial charge in [-0.1, -0.05) is 6.92 Å². The van der Waals surface area contributed by atoms with E-state index in [0.29, 0.717) is 5.92 Å². The zero-order valence-corrected chi connectivity index (χ0v) is 8.90. The van der Waals surface area contributed by atoms with Gasteiger partial charge in [-0.25, -0.2) is 0 Å². The van der Waals surface area contributed by atoms with E-state index >= 15 is 0 Å². The molecule has 0 atom stereocenters. The van der Waals surface area contributed by atoms with Crippen molar-refractivity contribution in [2.75, 3.05) is 0 Å². The summed E-state index contributed by atoms with van der Waals surface area (Å²) in [6.07, 6.45) is 5.54. The van der Waals surface area contributed by atoms with Gasteiger partial charge in [0.15, 0.2) is 0 Å². The van der Waals surface area contributed by atoms with Gasteiger partial charge in [0, 0.05) is 18.9 Å². The highest BCUT2D eigenvalue weighted by Crippen LogP contribution is 2.40. The fourth-order valence-corrected chi connectivity index (χ4v) is 2.45. The Morgan fingerprint density at radius 2 is 2.36 bits per heavy atom. The minimum Gasteiger partial charge on any atom is -0.390 e. The minimum absolute atomic E-state index is 0.385. The van der Waals surface area contributed by atoms with Crippen molar-refractivity contribution in [1.82, 2.24) is 9.78 Å². The smallest absolute Gasteiger partial charge is 0.0656 e. The van der Waals surface area contributed by atoms with Gasteiger partial charge in [0.25, 0.3) is 0 Å². The van der Waals surface area contributed by atoms with Crippen molar-refractivity contribution in [1.29, 1.82) is 0 Å². The predicted octanol–water partition coefficient (Wildman–Crippen LogP) is 1.51. The SMILES string of the molecule is CC1CC(O)(CCc2ccnn2C)C1. The summed E-state index contributed by atoms with van der Waals surface area (Å²) >= 11 is 0. The van der Waals surface area contributed by atoms with E-state index in [2.05, 4.69) is 12.0 Å². The molecule has 14 heavy (non-hydrogen) atoms. The average molecular weight is 194 g/mol. The van der Waals surface area contributed by atoms with Crippen LogP contribution in [-0.4, -0.2) is 20.5 Å². The number of aliphatic hydroxyl groups is 1. The van der Waals surface area contributed by atoms with Crippen molar-refractivity contribution in [3.63, 3.8) is 0 Å². The van der Waals surface area contributed by atoms with Crippen molar-refractivity contribution in [3.05, 3.63) is 18.0 Å². The molecule has 0 aromatic carbocycles. The van der Waals surface area contributed by atoms with Gasteiger partial charge in [-0.3, -0.25) is 4.68 Å². The summed E-state index contributed by atoms with van der Waals surface area (Å²) < 4.78 is 1.88. The third-order valence-electron chi connectivity index (χ3n) is 3.23. The molecule has 3 heteroatoms. The zero-order chi connectivity index (χ0) is 10.2. The van der Waals surface area contributed by atoms with Crippen LogP contribution in [0.4, 0.5) is 0 Å². The van der Waals surface area contributed by atoms with E-state index in [4.69, 9.17) is 0 Å². The van der Waals surface area contributed by atoms with Crippen LogP contribution in [0.2, 0.25) is 0 Å². The molecule has 2 rings (SSSR count). The van der Waals surface area contributed by atoms with Gasteiger partial charge in [0.1, 0.15) is 0 Å². The monoisotopic (exact) mass is 194 g/mol. The highest BCUT2D eigenvalue weighted by molar-refractivity contribution is 5.03. The Kier molecular flexibility index (Phi) is 2.35. The molecule has 0 aliphatic heterocycles. The number of aromatic nitrogens is 2. The van der Waals surface area contributed by atoms with Gasteiger partial charge in [-0.2, -0.15) is 5.10 Å². The molecular weight excluding hydrogens is 176 g/mol. The minimum atomic E-state index is -0.385. The maximum atomic E-state index is 10.0. The summed E-state index contributed by atoms with van der Waals surface area (Å²) in [5, 5.41) is 14.2. The number of hydrogen-bond donors (Lipinski definition) is 1. The van der Waals surface area contributed by atoms with Crippen LogP contribution in [0, 0.1) is 5.92 Å². The Labute approximate surface area is 84.7 Å². The zero-order valence-electron chi connectivity index (χ0n) is 8.90. The lowest BCUT2D eigenvalue weighted by Crippen LogP contribution is -2.42. The quantitative estimate of drug-likeness (QED) is 0.792. The Balaban J connectivity index is 1.86. The van der Waals surface area contributed by atoms with Crippen molar-refractivity contribution >= 4 is 0 Å². The molecule has 1 aromatic heterocycles. The molecule has 1 aliphatic rings. The molecule has 1 aromatic rings. The second kappa shape index (κ2) is 3.39. The first-order valence-electron chi connectivity index (χ1n) is 5.28. The second-order valence-electron chi connectivity index (χ2n) is 4.68. The van der Waals surface area contributed by atoms with E-state index < -0.39 is 0 Å². The lowest BCUT2D eigenvalue weighted by molar-refractivity contribution is -0.0734. The van der Waals surface area contributed by atoms with Crippen LogP contribution in [-0.2, 0) is 13.5 Å². The van der Waals surface area contributed by atoms with Crippen molar-refractivity contribution in [2.45, 2.75) is 38.2 Å². The summed E-state index contributed by atoms with van der Waals surface area (Å²) in [5.41, 5.74) is 0.821. The Hall–Kier alpha value is -0.830. The van der Waals surface area contributed by atoms with Crippen molar-refractivity contribution in [2.24, 2.45) is 13.0 Å². The molecule has 1 fully saturated rings. The van der Waals surface area contributed by atoms with Gasteiger partial charge in [0.2, 0.25) is 0 Å². The van der Waals surface area contributed by atoms with Gasteiger partial charge in [-0.15, -0.1) is 0 Å². The molecule has 0 spiro atoms. The van der Waals surface area contributed by atoms with Crippen LogP contribution in [0.5, 0.6) is 0 Å². The summed E-state index contributed by atoms with van der Waals surface area (Å²) in [6, 6.07) is 2.02. The average Bonchev–Trinajstić information content (AvgIpc) is 2.45. The summed E-state index contributed by atoms with van der Waals surface area (Å²) in [6.45, 7) is 2.19. The Morgan fingerprint density at radius 1 is 1.64 bits per heavy atom. The molecule has 0 bridgehead atoms. The van der Waals surface area contributed by atoms with Crippen LogP contribution in [0.25, 0.3) is 0 Å². The lowest BCUT2D eigenvalue weighted by Gasteiger charge is -2.42. The molecule has 0 saturated heterocycles. The first-order valence-corrected chi connectivity index (χ1v) is 5.28. The summed E-state index contributed by atoms with van der Waals surface area (Å²) in [5.74, 6) is 0.700. The van der Waals surface area contributed by atoms with Crippen LogP contribution in [0.15, 0.2) is 12.3 Å². The van der Waals surface area contributed by atoms with E-state index in [1.165, 1.54) is 5.69 Å². The van der Waals surface area contributed by atoms with Gasteiger partial charge in [0.05, 0.1) is 5.60 Å². The highest BCUT2D eigenvalue weighted by Gasteiger charge is 2.39. The summed E-state index contributed by atoms with van der Waals surface area (Å²) in [4.78, 5) is 0. The van der Waals surface area contributed by atoms with Crippen molar-refractivity contribution < 1.29 is 5.11 Å². The maximum Gasteiger partial charge on any atom is 0.0656 e. The van der Waals surface area contributed by atoms with E-state index in [1.54, 1.807) is 0 Å². The highest BCUT2D eigenvalue weighted by atomic mass is 16.3. The molecule has 78 valence electrons. The number of aryl methyl sites for hydroxylation is 2. The van der Waals surface area contributed by atoms with Crippen LogP contribution in [0.3, 0.4) is 0 Å². The fourth-order valence-electron chi connectivity index (χ4n) is 2.45.